The molecule has 6 heteroatoms. The Hall–Kier alpha value is -2.22. The Labute approximate surface area is 137 Å². The van der Waals surface area contributed by atoms with E-state index in [1.807, 2.05) is 6.07 Å². The van der Waals surface area contributed by atoms with Crippen molar-refractivity contribution in [3.8, 4) is 17.6 Å². The van der Waals surface area contributed by atoms with Crippen LogP contribution in [0.2, 0.25) is 10.0 Å². The Morgan fingerprint density at radius 2 is 1.91 bits per heavy atom. The van der Waals surface area contributed by atoms with E-state index < -0.39 is 5.97 Å². The second-order valence-electron chi connectivity index (χ2n) is 4.38. The standard InChI is InChI=1S/C16H11Cl2NO3/c1-21-15-7-11(9-19)3-5-14(15)22-16(20)8-10-2-4-12(17)13(18)6-10/h2-7H,8H2,1H3. The molecule has 2 aromatic rings. The van der Waals surface area contributed by atoms with Gasteiger partial charge in [-0.3, -0.25) is 4.79 Å². The first-order chi connectivity index (χ1) is 10.5. The number of carbonyl (C=O) groups is 1. The minimum atomic E-state index is -0.471. The van der Waals surface area contributed by atoms with Gasteiger partial charge in [-0.05, 0) is 29.8 Å². The number of hydrogen-bond acceptors (Lipinski definition) is 4. The van der Waals surface area contributed by atoms with Gasteiger partial charge in [-0.25, -0.2) is 0 Å². The number of rotatable bonds is 4. The quantitative estimate of drug-likeness (QED) is 0.625. The van der Waals surface area contributed by atoms with Gasteiger partial charge in [0.1, 0.15) is 0 Å². The van der Waals surface area contributed by atoms with Crippen LogP contribution in [0, 0.1) is 11.3 Å². The molecule has 0 aliphatic rings. The Morgan fingerprint density at radius 1 is 1.14 bits per heavy atom. The summed E-state index contributed by atoms with van der Waals surface area (Å²) in [7, 11) is 1.44. The monoisotopic (exact) mass is 335 g/mol. The smallest absolute Gasteiger partial charge is 0.315 e. The molecule has 0 saturated heterocycles. The molecule has 0 aromatic heterocycles. The van der Waals surface area contributed by atoms with Crippen molar-refractivity contribution in [1.29, 1.82) is 5.26 Å². The van der Waals surface area contributed by atoms with E-state index in [4.69, 9.17) is 37.9 Å². The summed E-state index contributed by atoms with van der Waals surface area (Å²) in [6.07, 6.45) is 0.0417. The van der Waals surface area contributed by atoms with E-state index in [9.17, 15) is 4.79 Å². The number of ether oxygens (including phenoxy) is 2. The van der Waals surface area contributed by atoms with E-state index in [0.717, 1.165) is 0 Å². The molecule has 0 N–H and O–H groups in total. The average Bonchev–Trinajstić information content (AvgIpc) is 2.51. The van der Waals surface area contributed by atoms with E-state index in [0.29, 0.717) is 26.9 Å². The lowest BCUT2D eigenvalue weighted by Crippen LogP contribution is -2.12. The normalized spacial score (nSPS) is 9.91. The van der Waals surface area contributed by atoms with Crippen molar-refractivity contribution < 1.29 is 14.3 Å². The number of methoxy groups -OCH3 is 1. The number of hydrogen-bond donors (Lipinski definition) is 0. The average molecular weight is 336 g/mol. The minimum absolute atomic E-state index is 0.0417. The molecule has 0 unspecified atom stereocenters. The first-order valence-corrected chi connectivity index (χ1v) is 7.02. The summed E-state index contributed by atoms with van der Waals surface area (Å²) in [6, 6.07) is 11.5. The van der Waals surface area contributed by atoms with Crippen LogP contribution in [0.15, 0.2) is 36.4 Å². The predicted octanol–water partition coefficient (Wildman–Crippen LogP) is 4.02. The van der Waals surface area contributed by atoms with Crippen LogP contribution in [-0.2, 0) is 11.2 Å². The number of benzene rings is 2. The number of esters is 1. The first-order valence-electron chi connectivity index (χ1n) is 6.26. The topological polar surface area (TPSA) is 59.3 Å². The van der Waals surface area contributed by atoms with Gasteiger partial charge in [-0.1, -0.05) is 29.3 Å². The fraction of sp³-hybridized carbons (Fsp3) is 0.125. The molecule has 0 aliphatic carbocycles. The number of carbonyl (C=O) groups excluding carboxylic acids is 1. The van der Waals surface area contributed by atoms with Crippen LogP contribution in [0.5, 0.6) is 11.5 Å². The maximum Gasteiger partial charge on any atom is 0.315 e. The van der Waals surface area contributed by atoms with Crippen molar-refractivity contribution >= 4 is 29.2 Å². The molecule has 0 spiro atoms. The third-order valence-electron chi connectivity index (χ3n) is 2.85. The summed E-state index contributed by atoms with van der Waals surface area (Å²) in [6.45, 7) is 0. The van der Waals surface area contributed by atoms with Gasteiger partial charge >= 0.3 is 5.97 Å². The summed E-state index contributed by atoms with van der Waals surface area (Å²) in [5.41, 5.74) is 1.10. The summed E-state index contributed by atoms with van der Waals surface area (Å²) in [5.74, 6) is 0.106. The maximum atomic E-state index is 12.0. The highest BCUT2D eigenvalue weighted by atomic mass is 35.5. The van der Waals surface area contributed by atoms with Crippen molar-refractivity contribution in [2.75, 3.05) is 7.11 Å². The molecule has 0 atom stereocenters. The van der Waals surface area contributed by atoms with Crippen molar-refractivity contribution in [2.45, 2.75) is 6.42 Å². The van der Waals surface area contributed by atoms with E-state index in [1.54, 1.807) is 24.3 Å². The van der Waals surface area contributed by atoms with E-state index >= 15 is 0 Å². The highest BCUT2D eigenvalue weighted by molar-refractivity contribution is 6.42. The Kier molecular flexibility index (Phi) is 5.26. The molecule has 0 amide bonds. The van der Waals surface area contributed by atoms with E-state index in [2.05, 4.69) is 0 Å². The summed E-state index contributed by atoms with van der Waals surface area (Å²) in [5, 5.41) is 9.64. The van der Waals surface area contributed by atoms with Crippen molar-refractivity contribution in [1.82, 2.24) is 0 Å². The van der Waals surface area contributed by atoms with Crippen LogP contribution in [0.3, 0.4) is 0 Å². The lowest BCUT2D eigenvalue weighted by atomic mass is 10.1. The Bertz CT molecular complexity index is 754. The molecule has 2 rings (SSSR count). The highest BCUT2D eigenvalue weighted by Crippen LogP contribution is 2.28. The zero-order valence-corrected chi connectivity index (χ0v) is 13.1. The summed E-state index contributed by atoms with van der Waals surface area (Å²) in [4.78, 5) is 12.0. The second-order valence-corrected chi connectivity index (χ2v) is 5.19. The van der Waals surface area contributed by atoms with Gasteiger partial charge in [0.05, 0.1) is 35.2 Å². The molecule has 0 bridgehead atoms. The van der Waals surface area contributed by atoms with Gasteiger partial charge in [-0.15, -0.1) is 0 Å². The largest absolute Gasteiger partial charge is 0.493 e. The molecule has 22 heavy (non-hydrogen) atoms. The van der Waals surface area contributed by atoms with Crippen LogP contribution in [-0.4, -0.2) is 13.1 Å². The van der Waals surface area contributed by atoms with Gasteiger partial charge in [-0.2, -0.15) is 5.26 Å². The SMILES string of the molecule is COc1cc(C#N)ccc1OC(=O)Cc1ccc(Cl)c(Cl)c1. The molecule has 0 radical (unpaired) electrons. The maximum absolute atomic E-state index is 12.0. The number of nitriles is 1. The molecule has 2 aromatic carbocycles. The summed E-state index contributed by atoms with van der Waals surface area (Å²) < 4.78 is 10.4. The van der Waals surface area contributed by atoms with Crippen LogP contribution in [0.4, 0.5) is 0 Å². The van der Waals surface area contributed by atoms with Crippen LogP contribution >= 0.6 is 23.2 Å². The fourth-order valence-corrected chi connectivity index (χ4v) is 2.12. The zero-order chi connectivity index (χ0) is 16.1. The Balaban J connectivity index is 2.12. The minimum Gasteiger partial charge on any atom is -0.493 e. The van der Waals surface area contributed by atoms with E-state index in [-0.39, 0.29) is 12.2 Å². The molecular weight excluding hydrogens is 325 g/mol. The van der Waals surface area contributed by atoms with E-state index in [1.165, 1.54) is 19.2 Å². The van der Waals surface area contributed by atoms with Crippen molar-refractivity contribution in [3.63, 3.8) is 0 Å². The van der Waals surface area contributed by atoms with Gasteiger partial charge < -0.3 is 9.47 Å². The lowest BCUT2D eigenvalue weighted by molar-refractivity contribution is -0.133. The van der Waals surface area contributed by atoms with Crippen LogP contribution in [0.1, 0.15) is 11.1 Å². The molecular formula is C16H11Cl2NO3. The van der Waals surface area contributed by atoms with Gasteiger partial charge in [0, 0.05) is 6.07 Å². The third kappa shape index (κ3) is 3.91. The van der Waals surface area contributed by atoms with Gasteiger partial charge in [0.2, 0.25) is 0 Å². The molecule has 0 heterocycles. The molecule has 4 nitrogen and oxygen atoms in total. The summed E-state index contributed by atoms with van der Waals surface area (Å²) >= 11 is 11.7. The molecule has 0 saturated carbocycles. The third-order valence-corrected chi connectivity index (χ3v) is 3.59. The van der Waals surface area contributed by atoms with Gasteiger partial charge in [0.15, 0.2) is 11.5 Å². The number of nitrogens with zero attached hydrogens (tertiary/aromatic N) is 1. The second kappa shape index (κ2) is 7.17. The zero-order valence-electron chi connectivity index (χ0n) is 11.6. The lowest BCUT2D eigenvalue weighted by Gasteiger charge is -2.09. The predicted molar refractivity (Wildman–Crippen MR) is 83.5 cm³/mol. The number of halogens is 2. The fourth-order valence-electron chi connectivity index (χ4n) is 1.80. The van der Waals surface area contributed by atoms with Crippen LogP contribution < -0.4 is 9.47 Å². The molecule has 0 fully saturated rings. The molecule has 0 aliphatic heterocycles. The molecule has 112 valence electrons. The highest BCUT2D eigenvalue weighted by Gasteiger charge is 2.12. The van der Waals surface area contributed by atoms with Crippen LogP contribution in [0.25, 0.3) is 0 Å². The van der Waals surface area contributed by atoms with Crippen molar-refractivity contribution in [3.05, 3.63) is 57.6 Å². The van der Waals surface area contributed by atoms with Crippen molar-refractivity contribution in [2.24, 2.45) is 0 Å². The first kappa shape index (κ1) is 16.2. The van der Waals surface area contributed by atoms with Gasteiger partial charge in [0.25, 0.3) is 0 Å². The Morgan fingerprint density at radius 3 is 2.55 bits per heavy atom.